The molecule has 4 heterocycles. The van der Waals surface area contributed by atoms with Gasteiger partial charge < -0.3 is 19.8 Å². The first kappa shape index (κ1) is 48.2. The highest BCUT2D eigenvalue weighted by Gasteiger charge is 2.23. The van der Waals surface area contributed by atoms with E-state index in [0.29, 0.717) is 41.7 Å². The van der Waals surface area contributed by atoms with Crippen LogP contribution >= 0.6 is 0 Å². The molecule has 4 aromatic heterocycles. The number of rotatable bonds is 18. The van der Waals surface area contributed by atoms with Crippen molar-refractivity contribution in [1.29, 1.82) is 0 Å². The largest absolute Gasteiger partial charge is 0.347 e. The number of nitrogens with zero attached hydrogens (tertiary/aromatic N) is 6. The van der Waals surface area contributed by atoms with E-state index in [9.17, 15) is 36.0 Å². The third-order valence-electron chi connectivity index (χ3n) is 10.7. The van der Waals surface area contributed by atoms with Gasteiger partial charge in [-0.3, -0.25) is 37.5 Å². The van der Waals surface area contributed by atoms with Crippen LogP contribution in [0.1, 0.15) is 65.0 Å². The molecule has 2 unspecified atom stereocenters. The van der Waals surface area contributed by atoms with Crippen molar-refractivity contribution in [3.63, 3.8) is 0 Å². The van der Waals surface area contributed by atoms with Crippen molar-refractivity contribution in [2.24, 2.45) is 9.98 Å². The molecule has 0 bridgehead atoms. The lowest BCUT2D eigenvalue weighted by Crippen LogP contribution is -2.37. The SMILES string of the molecule is CN=C(CCCC(Cn1cc(C(=O)NC(C)COS(C)(=O)=O)c2nc3c(C)cccc3cc2c1=O)=NC)Cn1cc(C(=O)NC(C)COS(C)(=O)=O)c2nc3c(C)cccc3cc2c1=O. The van der Waals surface area contributed by atoms with E-state index in [4.69, 9.17) is 18.3 Å². The minimum absolute atomic E-state index is 0.0411. The van der Waals surface area contributed by atoms with E-state index in [2.05, 4.69) is 20.6 Å². The Labute approximate surface area is 376 Å². The summed E-state index contributed by atoms with van der Waals surface area (Å²) in [6.07, 6.45) is 6.05. The summed E-state index contributed by atoms with van der Waals surface area (Å²) in [4.78, 5) is 74.3. The molecule has 6 aromatic rings. The Bertz CT molecular complexity index is 3050. The predicted molar refractivity (Wildman–Crippen MR) is 253 cm³/mol. The van der Waals surface area contributed by atoms with Crippen molar-refractivity contribution in [3.05, 3.63) is 104 Å². The Hall–Kier alpha value is -6.22. The Morgan fingerprint density at radius 1 is 0.662 bits per heavy atom. The van der Waals surface area contributed by atoms with Gasteiger partial charge in [0.25, 0.3) is 43.2 Å². The number of hydrogen-bond acceptors (Lipinski definition) is 14. The van der Waals surface area contributed by atoms with Crippen LogP contribution in [0.15, 0.2) is 80.5 Å². The number of para-hydroxylation sites is 2. The lowest BCUT2D eigenvalue weighted by atomic mass is 10.1. The van der Waals surface area contributed by atoms with Gasteiger partial charge in [0.05, 0.1) is 94.9 Å². The Balaban J connectivity index is 1.25. The zero-order chi connectivity index (χ0) is 47.4. The molecule has 20 heteroatoms. The van der Waals surface area contributed by atoms with E-state index in [1.165, 1.54) is 21.5 Å². The van der Waals surface area contributed by atoms with E-state index in [1.54, 1.807) is 40.1 Å². The fourth-order valence-electron chi connectivity index (χ4n) is 7.41. The molecule has 2 atom stereocenters. The number of nitrogens with one attached hydrogen (secondary N) is 2. The van der Waals surface area contributed by atoms with E-state index >= 15 is 0 Å². The summed E-state index contributed by atoms with van der Waals surface area (Å²) < 4.78 is 59.0. The normalized spacial score (nSPS) is 13.7. The summed E-state index contributed by atoms with van der Waals surface area (Å²) in [6, 6.07) is 13.2. The van der Waals surface area contributed by atoms with Gasteiger partial charge in [0, 0.05) is 48.7 Å². The molecule has 0 spiro atoms. The van der Waals surface area contributed by atoms with Crippen LogP contribution in [0.3, 0.4) is 0 Å². The highest BCUT2D eigenvalue weighted by Crippen LogP contribution is 2.25. The quantitative estimate of drug-likeness (QED) is 0.0700. The van der Waals surface area contributed by atoms with Crippen LogP contribution in [0.5, 0.6) is 0 Å². The van der Waals surface area contributed by atoms with Crippen LogP contribution in [-0.4, -0.2) is 111 Å². The zero-order valence-corrected chi connectivity index (χ0v) is 39.1. The van der Waals surface area contributed by atoms with Gasteiger partial charge in [-0.25, -0.2) is 9.97 Å². The van der Waals surface area contributed by atoms with Gasteiger partial charge >= 0.3 is 0 Å². The van der Waals surface area contributed by atoms with Crippen LogP contribution in [0.4, 0.5) is 0 Å². The van der Waals surface area contributed by atoms with Gasteiger partial charge in [0.15, 0.2) is 0 Å². The third-order valence-corrected chi connectivity index (χ3v) is 11.9. The highest BCUT2D eigenvalue weighted by molar-refractivity contribution is 7.86. The van der Waals surface area contributed by atoms with Gasteiger partial charge in [0.2, 0.25) is 0 Å². The Kier molecular flexibility index (Phi) is 14.8. The smallest absolute Gasteiger partial charge is 0.264 e. The molecule has 0 saturated heterocycles. The summed E-state index contributed by atoms with van der Waals surface area (Å²) in [5, 5.41) is 7.39. The summed E-state index contributed by atoms with van der Waals surface area (Å²) >= 11 is 0. The minimum atomic E-state index is -3.75. The first-order valence-electron chi connectivity index (χ1n) is 20.7. The number of amides is 2. The van der Waals surface area contributed by atoms with Gasteiger partial charge in [-0.05, 0) is 70.2 Å². The van der Waals surface area contributed by atoms with E-state index < -0.39 is 44.1 Å². The van der Waals surface area contributed by atoms with Crippen LogP contribution < -0.4 is 21.8 Å². The lowest BCUT2D eigenvalue weighted by Gasteiger charge is -2.17. The third kappa shape index (κ3) is 11.7. The molecule has 0 aliphatic carbocycles. The molecule has 0 aliphatic heterocycles. The summed E-state index contributed by atoms with van der Waals surface area (Å²) in [5.41, 5.74) is 4.06. The molecule has 6 rings (SSSR count). The van der Waals surface area contributed by atoms with Gasteiger partial charge in [0.1, 0.15) is 0 Å². The van der Waals surface area contributed by atoms with E-state index in [1.807, 2.05) is 50.2 Å². The maximum atomic E-state index is 14.1. The van der Waals surface area contributed by atoms with Crippen LogP contribution in [0, 0.1) is 13.8 Å². The monoisotopic (exact) mass is 928 g/mol. The van der Waals surface area contributed by atoms with Crippen LogP contribution in [0.25, 0.3) is 43.6 Å². The number of aliphatic imine (C=N–C) groups is 2. The molecule has 2 aromatic carbocycles. The first-order valence-corrected chi connectivity index (χ1v) is 24.4. The molecular weight excluding hydrogens is 877 g/mol. The number of pyridine rings is 4. The predicted octanol–water partition coefficient (Wildman–Crippen LogP) is 4.23. The number of aryl methyl sites for hydroxylation is 2. The number of carbonyl (C=O) groups is 2. The second kappa shape index (κ2) is 19.9. The van der Waals surface area contributed by atoms with Crippen molar-refractivity contribution in [3.8, 4) is 0 Å². The average molecular weight is 929 g/mol. The molecule has 344 valence electrons. The molecule has 0 aliphatic rings. The number of carbonyl (C=O) groups excluding carboxylic acids is 2. The van der Waals surface area contributed by atoms with Crippen molar-refractivity contribution in [1.82, 2.24) is 29.7 Å². The molecular formula is C45H52N8O10S2. The Morgan fingerprint density at radius 3 is 1.40 bits per heavy atom. The molecule has 2 N–H and O–H groups in total. The molecule has 65 heavy (non-hydrogen) atoms. The standard InChI is InChI=1S/C45H52N8O10S2/c1-26-12-9-14-30-18-34-40(50-38(26)30)36(42(54)48-28(3)24-62-64(7,58)59)22-52(44(34)56)20-32(46-5)16-11-17-33(47-6)21-53-23-37(43(55)49-29(4)25-63-65(8,60)61)41-35(45(53)57)19-31-15-10-13-27(2)39(31)51-41/h9-10,12-15,18-19,22-23,28-29H,11,16-17,20-21,24-25H2,1-8H3,(H,48,54)(H,49,55). The van der Waals surface area contributed by atoms with Crippen molar-refractivity contribution in [2.45, 2.75) is 72.1 Å². The van der Waals surface area contributed by atoms with Gasteiger partial charge in [-0.2, -0.15) is 16.8 Å². The highest BCUT2D eigenvalue weighted by atomic mass is 32.2. The summed E-state index contributed by atoms with van der Waals surface area (Å²) in [6.45, 7) is 6.45. The van der Waals surface area contributed by atoms with Gasteiger partial charge in [-0.1, -0.05) is 36.4 Å². The number of aromatic nitrogens is 4. The average Bonchev–Trinajstić information content (AvgIpc) is 3.24. The second-order valence-corrected chi connectivity index (χ2v) is 19.5. The van der Waals surface area contributed by atoms with Crippen LogP contribution in [0.2, 0.25) is 0 Å². The molecule has 0 fully saturated rings. The van der Waals surface area contributed by atoms with Gasteiger partial charge in [-0.15, -0.1) is 0 Å². The molecule has 2 amide bonds. The van der Waals surface area contributed by atoms with Crippen LogP contribution in [-0.2, 0) is 41.7 Å². The maximum absolute atomic E-state index is 14.1. The zero-order valence-electron chi connectivity index (χ0n) is 37.5. The molecule has 0 saturated carbocycles. The van der Waals surface area contributed by atoms with Crippen molar-refractivity contribution < 1.29 is 34.8 Å². The number of benzene rings is 2. The van der Waals surface area contributed by atoms with E-state index in [-0.39, 0.29) is 70.4 Å². The fraction of sp³-hybridized carbons (Fsp3) is 0.378. The van der Waals surface area contributed by atoms with E-state index in [0.717, 1.165) is 34.4 Å². The topological polar surface area (TPSA) is 239 Å². The Morgan fingerprint density at radius 2 is 1.05 bits per heavy atom. The molecule has 0 radical (unpaired) electrons. The second-order valence-electron chi connectivity index (χ2n) is 16.2. The summed E-state index contributed by atoms with van der Waals surface area (Å²) in [7, 11) is -4.29. The first-order chi connectivity index (χ1) is 30.7. The number of fused-ring (bicyclic) bond motifs is 4. The summed E-state index contributed by atoms with van der Waals surface area (Å²) in [5.74, 6) is -1.15. The maximum Gasteiger partial charge on any atom is 0.264 e. The fourth-order valence-corrected chi connectivity index (χ4v) is 8.31. The molecule has 18 nitrogen and oxygen atoms in total. The van der Waals surface area contributed by atoms with Crippen molar-refractivity contribution >= 4 is 87.1 Å². The lowest BCUT2D eigenvalue weighted by molar-refractivity contribution is 0.0920. The van der Waals surface area contributed by atoms with Crippen molar-refractivity contribution in [2.75, 3.05) is 39.8 Å². The number of hydrogen-bond donors (Lipinski definition) is 2. The minimum Gasteiger partial charge on any atom is -0.347 e.